The summed E-state index contributed by atoms with van der Waals surface area (Å²) in [4.78, 5) is 7.49. The average molecular weight is 296 g/mol. The van der Waals surface area contributed by atoms with Crippen LogP contribution in [0.3, 0.4) is 0 Å². The maximum Gasteiger partial charge on any atom is 0.137 e. The zero-order valence-corrected chi connectivity index (χ0v) is 10.6. The molecule has 0 atom stereocenters. The summed E-state index contributed by atoms with van der Waals surface area (Å²) in [6.07, 6.45) is 3.67. The molecule has 0 spiro atoms. The fourth-order valence-electron chi connectivity index (χ4n) is 1.76. The molecule has 0 bridgehead atoms. The molecule has 1 aromatic carbocycles. The topological polar surface area (TPSA) is 54.7 Å². The van der Waals surface area contributed by atoms with Crippen LogP contribution in [0, 0.1) is 5.82 Å². The van der Waals surface area contributed by atoms with Gasteiger partial charge in [0.2, 0.25) is 0 Å². The van der Waals surface area contributed by atoms with Gasteiger partial charge in [0.1, 0.15) is 11.6 Å². The van der Waals surface area contributed by atoms with E-state index in [9.17, 15) is 4.39 Å². The maximum atomic E-state index is 13.1. The molecule has 1 saturated carbocycles. The Morgan fingerprint density at radius 2 is 2.18 bits per heavy atom. The van der Waals surface area contributed by atoms with E-state index in [2.05, 4.69) is 25.9 Å². The zero-order valence-electron chi connectivity index (χ0n) is 9.00. The van der Waals surface area contributed by atoms with Crippen molar-refractivity contribution in [3.63, 3.8) is 0 Å². The largest absolute Gasteiger partial charge is 0.340 e. The predicted octanol–water partition coefficient (Wildman–Crippen LogP) is 2.93. The van der Waals surface area contributed by atoms with E-state index in [1.165, 1.54) is 6.07 Å². The van der Waals surface area contributed by atoms with E-state index in [1.54, 1.807) is 18.3 Å². The van der Waals surface area contributed by atoms with Gasteiger partial charge in [0.15, 0.2) is 0 Å². The molecule has 1 aromatic heterocycles. The number of imidazole rings is 1. The molecular formula is C12H11BrFN3. The Balaban J connectivity index is 1.98. The molecule has 0 saturated heterocycles. The molecule has 17 heavy (non-hydrogen) atoms. The van der Waals surface area contributed by atoms with Crippen molar-refractivity contribution in [2.24, 2.45) is 5.73 Å². The number of nitrogens with two attached hydrogens (primary N) is 1. The fourth-order valence-corrected chi connectivity index (χ4v) is 2.13. The molecule has 5 heteroatoms. The summed E-state index contributed by atoms with van der Waals surface area (Å²) in [6.45, 7) is 0. The number of halogens is 2. The average Bonchev–Trinajstić information content (AvgIpc) is 2.88. The van der Waals surface area contributed by atoms with Crippen LogP contribution in [0.2, 0.25) is 0 Å². The molecule has 88 valence electrons. The molecule has 1 heterocycles. The minimum absolute atomic E-state index is 0.268. The van der Waals surface area contributed by atoms with Gasteiger partial charge in [0.25, 0.3) is 0 Å². The first kappa shape index (κ1) is 10.9. The summed E-state index contributed by atoms with van der Waals surface area (Å²) in [6, 6.07) is 4.87. The Kier molecular flexibility index (Phi) is 2.34. The van der Waals surface area contributed by atoms with Crippen LogP contribution < -0.4 is 5.73 Å². The number of aromatic amines is 1. The van der Waals surface area contributed by atoms with Gasteiger partial charge in [0.05, 0.1) is 21.9 Å². The molecule has 1 aliphatic carbocycles. The summed E-state index contributed by atoms with van der Waals surface area (Å²) in [5, 5.41) is 0. The summed E-state index contributed by atoms with van der Waals surface area (Å²) in [5.74, 6) is 0.541. The highest BCUT2D eigenvalue weighted by atomic mass is 79.9. The molecule has 0 amide bonds. The number of H-pyrrole nitrogens is 1. The SMILES string of the molecule is NC1(c2ncc(-c3ccc(F)c(Br)c3)[nH]2)CC1. The number of aromatic nitrogens is 2. The lowest BCUT2D eigenvalue weighted by molar-refractivity contribution is 0.621. The fraction of sp³-hybridized carbons (Fsp3) is 0.250. The minimum Gasteiger partial charge on any atom is -0.340 e. The minimum atomic E-state index is -0.272. The van der Waals surface area contributed by atoms with Crippen molar-refractivity contribution in [3.8, 4) is 11.3 Å². The third-order valence-electron chi connectivity index (χ3n) is 3.07. The van der Waals surface area contributed by atoms with Gasteiger partial charge < -0.3 is 10.7 Å². The number of hydrogen-bond acceptors (Lipinski definition) is 2. The monoisotopic (exact) mass is 295 g/mol. The maximum absolute atomic E-state index is 13.1. The Hall–Kier alpha value is -1.20. The second kappa shape index (κ2) is 3.65. The highest BCUT2D eigenvalue weighted by Gasteiger charge is 2.42. The molecule has 3 rings (SSSR count). The Bertz CT molecular complexity index is 575. The van der Waals surface area contributed by atoms with E-state index in [1.807, 2.05) is 0 Å². The first-order valence-corrected chi connectivity index (χ1v) is 6.18. The van der Waals surface area contributed by atoms with Crippen LogP contribution in [0.25, 0.3) is 11.3 Å². The van der Waals surface area contributed by atoms with Crippen LogP contribution in [0.15, 0.2) is 28.9 Å². The summed E-state index contributed by atoms with van der Waals surface area (Å²) in [7, 11) is 0. The van der Waals surface area contributed by atoms with Crippen molar-refractivity contribution in [1.82, 2.24) is 9.97 Å². The van der Waals surface area contributed by atoms with Crippen molar-refractivity contribution in [2.45, 2.75) is 18.4 Å². The van der Waals surface area contributed by atoms with Crippen LogP contribution in [-0.4, -0.2) is 9.97 Å². The van der Waals surface area contributed by atoms with Crippen molar-refractivity contribution in [3.05, 3.63) is 40.5 Å². The van der Waals surface area contributed by atoms with E-state index >= 15 is 0 Å². The van der Waals surface area contributed by atoms with Gasteiger partial charge in [-0.05, 0) is 47.0 Å². The lowest BCUT2D eigenvalue weighted by Crippen LogP contribution is -2.20. The number of rotatable bonds is 2. The number of nitrogens with one attached hydrogen (secondary N) is 1. The molecule has 0 unspecified atom stereocenters. The van der Waals surface area contributed by atoms with Crippen molar-refractivity contribution in [1.29, 1.82) is 0 Å². The van der Waals surface area contributed by atoms with Gasteiger partial charge in [0, 0.05) is 5.56 Å². The molecular weight excluding hydrogens is 285 g/mol. The van der Waals surface area contributed by atoms with Crippen molar-refractivity contribution >= 4 is 15.9 Å². The molecule has 3 N–H and O–H groups in total. The van der Waals surface area contributed by atoms with Crippen molar-refractivity contribution in [2.75, 3.05) is 0 Å². The van der Waals surface area contributed by atoms with E-state index in [0.717, 1.165) is 29.9 Å². The van der Waals surface area contributed by atoms with Crippen LogP contribution in [-0.2, 0) is 5.54 Å². The smallest absolute Gasteiger partial charge is 0.137 e. The van der Waals surface area contributed by atoms with Gasteiger partial charge in [-0.1, -0.05) is 0 Å². The molecule has 0 aliphatic heterocycles. The van der Waals surface area contributed by atoms with E-state index in [-0.39, 0.29) is 11.4 Å². The van der Waals surface area contributed by atoms with Crippen LogP contribution in [0.5, 0.6) is 0 Å². The number of nitrogens with zero attached hydrogens (tertiary/aromatic N) is 1. The summed E-state index contributed by atoms with van der Waals surface area (Å²) < 4.78 is 13.6. The third-order valence-corrected chi connectivity index (χ3v) is 3.67. The van der Waals surface area contributed by atoms with E-state index in [4.69, 9.17) is 5.73 Å². The second-order valence-electron chi connectivity index (χ2n) is 4.43. The highest BCUT2D eigenvalue weighted by Crippen LogP contribution is 2.41. The molecule has 3 nitrogen and oxygen atoms in total. The molecule has 0 radical (unpaired) electrons. The van der Waals surface area contributed by atoms with Crippen LogP contribution in [0.1, 0.15) is 18.7 Å². The first-order chi connectivity index (χ1) is 8.08. The van der Waals surface area contributed by atoms with Gasteiger partial charge in [-0.2, -0.15) is 0 Å². The molecule has 2 aromatic rings. The summed E-state index contributed by atoms with van der Waals surface area (Å²) >= 11 is 3.17. The summed E-state index contributed by atoms with van der Waals surface area (Å²) in [5.41, 5.74) is 7.53. The number of hydrogen-bond donors (Lipinski definition) is 2. The van der Waals surface area contributed by atoms with Crippen LogP contribution >= 0.6 is 15.9 Å². The number of benzene rings is 1. The zero-order chi connectivity index (χ0) is 12.0. The normalized spacial score (nSPS) is 17.1. The van der Waals surface area contributed by atoms with E-state index < -0.39 is 0 Å². The lowest BCUT2D eigenvalue weighted by atomic mass is 10.2. The van der Waals surface area contributed by atoms with Crippen molar-refractivity contribution < 1.29 is 4.39 Å². The van der Waals surface area contributed by atoms with Gasteiger partial charge in [-0.3, -0.25) is 0 Å². The van der Waals surface area contributed by atoms with Crippen LogP contribution in [0.4, 0.5) is 4.39 Å². The van der Waals surface area contributed by atoms with E-state index in [0.29, 0.717) is 4.47 Å². The predicted molar refractivity (Wildman–Crippen MR) is 66.8 cm³/mol. The third kappa shape index (κ3) is 1.89. The quantitative estimate of drug-likeness (QED) is 0.895. The standard InChI is InChI=1S/C12H11BrFN3/c13-8-5-7(1-2-9(8)14)10-6-16-11(17-10)12(15)3-4-12/h1-2,5-6H,3-4,15H2,(H,16,17). The highest BCUT2D eigenvalue weighted by molar-refractivity contribution is 9.10. The Morgan fingerprint density at radius 1 is 1.41 bits per heavy atom. The Morgan fingerprint density at radius 3 is 2.82 bits per heavy atom. The van der Waals surface area contributed by atoms with Gasteiger partial charge in [-0.15, -0.1) is 0 Å². The Labute approximate surface area is 106 Å². The molecule has 1 aliphatic rings. The van der Waals surface area contributed by atoms with Gasteiger partial charge in [-0.25, -0.2) is 9.37 Å². The first-order valence-electron chi connectivity index (χ1n) is 5.38. The second-order valence-corrected chi connectivity index (χ2v) is 5.28. The lowest BCUT2D eigenvalue weighted by Gasteiger charge is -2.03. The molecule has 1 fully saturated rings. The van der Waals surface area contributed by atoms with Gasteiger partial charge >= 0.3 is 0 Å².